The van der Waals surface area contributed by atoms with E-state index in [1.165, 1.54) is 0 Å². The van der Waals surface area contributed by atoms with E-state index in [2.05, 4.69) is 22.0 Å². The second-order valence-corrected chi connectivity index (χ2v) is 4.85. The van der Waals surface area contributed by atoms with Gasteiger partial charge in [-0.3, -0.25) is 14.7 Å². The third-order valence-corrected chi connectivity index (χ3v) is 3.31. The summed E-state index contributed by atoms with van der Waals surface area (Å²) in [6.07, 6.45) is 9.44. The molecule has 0 unspecified atom stereocenters. The van der Waals surface area contributed by atoms with Gasteiger partial charge in [0, 0.05) is 56.6 Å². The van der Waals surface area contributed by atoms with Crippen molar-refractivity contribution >= 4 is 5.71 Å². The molecular weight excluding hydrogens is 276 g/mol. The molecule has 2 heterocycles. The average Bonchev–Trinajstić information content (AvgIpc) is 3.00. The lowest BCUT2D eigenvalue weighted by Crippen LogP contribution is -2.20. The summed E-state index contributed by atoms with van der Waals surface area (Å²) < 4.78 is 1.91. The molecule has 0 aliphatic carbocycles. The molecule has 0 saturated carbocycles. The predicted octanol–water partition coefficient (Wildman–Crippen LogP) is 1.75. The first-order chi connectivity index (χ1) is 10.7. The number of rotatable bonds is 6. The SMILES string of the molecule is CCn1cc(C(/C=C\N(C)CN)=NC)c(-c2cccnc2)n1. The van der Waals surface area contributed by atoms with Crippen LogP contribution in [0.15, 0.2) is 48.0 Å². The van der Waals surface area contributed by atoms with Crippen LogP contribution in [0.3, 0.4) is 0 Å². The van der Waals surface area contributed by atoms with E-state index in [-0.39, 0.29) is 0 Å². The molecule has 0 radical (unpaired) electrons. The predicted molar refractivity (Wildman–Crippen MR) is 89.6 cm³/mol. The summed E-state index contributed by atoms with van der Waals surface area (Å²) in [5.74, 6) is 0. The van der Waals surface area contributed by atoms with Crippen LogP contribution in [-0.4, -0.2) is 46.1 Å². The largest absolute Gasteiger partial charge is 0.368 e. The fraction of sp³-hybridized carbons (Fsp3) is 0.312. The lowest BCUT2D eigenvalue weighted by molar-refractivity contribution is 0.472. The molecule has 2 aromatic heterocycles. The first kappa shape index (κ1) is 15.9. The molecule has 0 fully saturated rings. The van der Waals surface area contributed by atoms with Crippen molar-refractivity contribution in [3.63, 3.8) is 0 Å². The summed E-state index contributed by atoms with van der Waals surface area (Å²) in [5.41, 5.74) is 9.30. The molecule has 2 aromatic rings. The van der Waals surface area contributed by atoms with Crippen LogP contribution in [0.1, 0.15) is 12.5 Å². The van der Waals surface area contributed by atoms with Crippen molar-refractivity contribution in [3.8, 4) is 11.3 Å². The summed E-state index contributed by atoms with van der Waals surface area (Å²) in [6, 6.07) is 3.91. The molecule has 0 saturated heterocycles. The van der Waals surface area contributed by atoms with Gasteiger partial charge in [-0.15, -0.1) is 0 Å². The second-order valence-electron chi connectivity index (χ2n) is 4.85. The van der Waals surface area contributed by atoms with Crippen molar-refractivity contribution in [2.24, 2.45) is 10.7 Å². The molecule has 0 amide bonds. The highest BCUT2D eigenvalue weighted by Crippen LogP contribution is 2.22. The van der Waals surface area contributed by atoms with Crippen LogP contribution in [0.25, 0.3) is 11.3 Å². The van der Waals surface area contributed by atoms with Crippen LogP contribution >= 0.6 is 0 Å². The van der Waals surface area contributed by atoms with E-state index in [0.29, 0.717) is 6.67 Å². The maximum absolute atomic E-state index is 5.60. The summed E-state index contributed by atoms with van der Waals surface area (Å²) in [5, 5.41) is 4.64. The molecule has 0 spiro atoms. The molecular formula is C16H22N6. The van der Waals surface area contributed by atoms with Gasteiger partial charge in [0.15, 0.2) is 0 Å². The molecule has 0 aliphatic rings. The first-order valence-corrected chi connectivity index (χ1v) is 7.23. The van der Waals surface area contributed by atoms with Crippen LogP contribution < -0.4 is 5.73 Å². The maximum atomic E-state index is 5.60. The van der Waals surface area contributed by atoms with Crippen molar-refractivity contribution in [2.75, 3.05) is 20.8 Å². The average molecular weight is 298 g/mol. The van der Waals surface area contributed by atoms with Crippen LogP contribution in [0.4, 0.5) is 0 Å². The lowest BCUT2D eigenvalue weighted by Gasteiger charge is -2.09. The Labute approximate surface area is 131 Å². The van der Waals surface area contributed by atoms with E-state index in [4.69, 9.17) is 5.73 Å². The molecule has 0 atom stereocenters. The number of aliphatic imine (C=N–C) groups is 1. The minimum atomic E-state index is 0.456. The molecule has 116 valence electrons. The van der Waals surface area contributed by atoms with E-state index in [9.17, 15) is 0 Å². The van der Waals surface area contributed by atoms with Crippen LogP contribution in [-0.2, 0) is 6.54 Å². The Kier molecular flexibility index (Phi) is 5.43. The molecule has 22 heavy (non-hydrogen) atoms. The number of hydrogen-bond acceptors (Lipinski definition) is 5. The summed E-state index contributed by atoms with van der Waals surface area (Å²) in [7, 11) is 3.69. The number of allylic oxidation sites excluding steroid dienone is 1. The van der Waals surface area contributed by atoms with E-state index in [1.807, 2.05) is 53.4 Å². The molecule has 2 rings (SSSR count). The van der Waals surface area contributed by atoms with Gasteiger partial charge in [-0.25, -0.2) is 0 Å². The zero-order valence-corrected chi connectivity index (χ0v) is 13.3. The van der Waals surface area contributed by atoms with Crippen molar-refractivity contribution in [2.45, 2.75) is 13.5 Å². The molecule has 0 bridgehead atoms. The number of hydrogen-bond donors (Lipinski definition) is 1. The summed E-state index contributed by atoms with van der Waals surface area (Å²) in [6.45, 7) is 3.32. The fourth-order valence-corrected chi connectivity index (χ4v) is 2.03. The van der Waals surface area contributed by atoms with Crippen LogP contribution in [0.5, 0.6) is 0 Å². The lowest BCUT2D eigenvalue weighted by atomic mass is 10.1. The molecule has 6 nitrogen and oxygen atoms in total. The number of nitrogens with two attached hydrogens (primary N) is 1. The highest BCUT2D eigenvalue weighted by atomic mass is 15.3. The Morgan fingerprint density at radius 1 is 1.50 bits per heavy atom. The molecule has 2 N–H and O–H groups in total. The highest BCUT2D eigenvalue weighted by Gasteiger charge is 2.14. The van der Waals surface area contributed by atoms with Crippen molar-refractivity contribution in [3.05, 3.63) is 48.6 Å². The fourth-order valence-electron chi connectivity index (χ4n) is 2.03. The normalized spacial score (nSPS) is 12.1. The zero-order valence-electron chi connectivity index (χ0n) is 13.3. The number of nitrogens with zero attached hydrogens (tertiary/aromatic N) is 5. The third kappa shape index (κ3) is 3.59. The number of pyridine rings is 1. The Morgan fingerprint density at radius 2 is 2.32 bits per heavy atom. The second kappa shape index (κ2) is 7.51. The quantitative estimate of drug-likeness (QED) is 0.651. The molecule has 0 aromatic carbocycles. The molecule has 0 aliphatic heterocycles. The topological polar surface area (TPSA) is 72.3 Å². The van der Waals surface area contributed by atoms with Gasteiger partial charge < -0.3 is 10.6 Å². The Hall–Kier alpha value is -2.47. The maximum Gasteiger partial charge on any atom is 0.103 e. The first-order valence-electron chi connectivity index (χ1n) is 7.23. The number of aryl methyl sites for hydroxylation is 1. The van der Waals surface area contributed by atoms with Crippen LogP contribution in [0.2, 0.25) is 0 Å². The van der Waals surface area contributed by atoms with Gasteiger partial charge in [0.25, 0.3) is 0 Å². The van der Waals surface area contributed by atoms with Gasteiger partial charge in [-0.05, 0) is 25.1 Å². The Bertz CT molecular complexity index is 657. The third-order valence-electron chi connectivity index (χ3n) is 3.31. The highest BCUT2D eigenvalue weighted by molar-refractivity contribution is 6.12. The van der Waals surface area contributed by atoms with E-state index in [1.54, 1.807) is 13.2 Å². The summed E-state index contributed by atoms with van der Waals surface area (Å²) >= 11 is 0. The minimum absolute atomic E-state index is 0.456. The van der Waals surface area contributed by atoms with Crippen molar-refractivity contribution in [1.82, 2.24) is 19.7 Å². The molecule has 6 heteroatoms. The van der Waals surface area contributed by atoms with E-state index < -0.39 is 0 Å². The summed E-state index contributed by atoms with van der Waals surface area (Å²) in [4.78, 5) is 10.5. The Balaban J connectivity index is 2.45. The Morgan fingerprint density at radius 3 is 2.91 bits per heavy atom. The van der Waals surface area contributed by atoms with Crippen molar-refractivity contribution < 1.29 is 0 Å². The minimum Gasteiger partial charge on any atom is -0.368 e. The van der Waals surface area contributed by atoms with Crippen molar-refractivity contribution in [1.29, 1.82) is 0 Å². The smallest absolute Gasteiger partial charge is 0.103 e. The van der Waals surface area contributed by atoms with Crippen LogP contribution in [0, 0.1) is 0 Å². The monoisotopic (exact) mass is 298 g/mol. The standard InChI is InChI=1S/C16H22N6/c1-4-22-11-14(15(18-2)7-9-21(3)12-17)16(20-22)13-6-5-8-19-10-13/h5-11H,4,12,17H2,1-3H3/b9-7-,18-15?. The van der Waals surface area contributed by atoms with Gasteiger partial charge >= 0.3 is 0 Å². The zero-order chi connectivity index (χ0) is 15.9. The van der Waals surface area contributed by atoms with Gasteiger partial charge in [-0.1, -0.05) is 0 Å². The van der Waals surface area contributed by atoms with Gasteiger partial charge in [-0.2, -0.15) is 5.10 Å². The van der Waals surface area contributed by atoms with Gasteiger partial charge in [0.05, 0.1) is 12.4 Å². The van der Waals surface area contributed by atoms with E-state index in [0.717, 1.165) is 29.1 Å². The van der Waals surface area contributed by atoms with Gasteiger partial charge in [0.2, 0.25) is 0 Å². The number of aromatic nitrogens is 3. The van der Waals surface area contributed by atoms with E-state index >= 15 is 0 Å². The van der Waals surface area contributed by atoms with Gasteiger partial charge in [0.1, 0.15) is 5.69 Å².